The van der Waals surface area contributed by atoms with E-state index in [9.17, 15) is 14.7 Å². The zero-order chi connectivity index (χ0) is 15.4. The fourth-order valence-electron chi connectivity index (χ4n) is 2.10. The number of rotatable bonds is 3. The molecule has 2 rings (SSSR count). The average Bonchev–Trinajstić information content (AvgIpc) is 2.79. The van der Waals surface area contributed by atoms with E-state index in [-0.39, 0.29) is 18.6 Å². The summed E-state index contributed by atoms with van der Waals surface area (Å²) in [6.45, 7) is 2.06. The van der Waals surface area contributed by atoms with Gasteiger partial charge in [-0.15, -0.1) is 0 Å². The van der Waals surface area contributed by atoms with Crippen LogP contribution in [0.4, 0.5) is 0 Å². The van der Waals surface area contributed by atoms with Gasteiger partial charge in [0.25, 0.3) is 5.56 Å². The van der Waals surface area contributed by atoms with Gasteiger partial charge in [0.1, 0.15) is 17.9 Å². The Morgan fingerprint density at radius 1 is 1.62 bits per heavy atom. The second-order valence-electron chi connectivity index (χ2n) is 4.63. The Morgan fingerprint density at radius 3 is 3.05 bits per heavy atom. The number of aromatic amines is 1. The molecule has 1 fully saturated rings. The molecule has 1 aromatic rings. The maximum Gasteiger partial charge on any atom is 0.330 e. The van der Waals surface area contributed by atoms with Crippen LogP contribution in [0.15, 0.2) is 15.8 Å². The van der Waals surface area contributed by atoms with Crippen molar-refractivity contribution in [3.05, 3.63) is 32.6 Å². The van der Waals surface area contributed by atoms with Gasteiger partial charge in [0.15, 0.2) is 0 Å². The van der Waals surface area contributed by atoms with Gasteiger partial charge in [-0.3, -0.25) is 14.3 Å². The minimum absolute atomic E-state index is 0.195. The quantitative estimate of drug-likeness (QED) is 0.593. The molecule has 1 saturated heterocycles. The number of hydrogen-bond donors (Lipinski definition) is 2. The molecule has 1 aromatic heterocycles. The lowest BCUT2D eigenvalue weighted by Crippen LogP contribution is -2.33. The van der Waals surface area contributed by atoms with Crippen LogP contribution in [-0.4, -0.2) is 33.5 Å². The Balaban J connectivity index is 2.32. The summed E-state index contributed by atoms with van der Waals surface area (Å²) in [5, 5.41) is 9.88. The lowest BCUT2D eigenvalue weighted by atomic mass is 10.2. The highest BCUT2D eigenvalue weighted by Crippen LogP contribution is 2.28. The van der Waals surface area contributed by atoms with Crippen molar-refractivity contribution in [2.24, 2.45) is 0 Å². The monoisotopic (exact) mass is 312 g/mol. The van der Waals surface area contributed by atoms with E-state index in [0.717, 1.165) is 0 Å². The maximum absolute atomic E-state index is 11.9. The third-order valence-electron chi connectivity index (χ3n) is 3.14. The third-order valence-corrected chi connectivity index (χ3v) is 3.33. The van der Waals surface area contributed by atoms with E-state index in [1.54, 1.807) is 0 Å². The van der Waals surface area contributed by atoms with Crippen LogP contribution in [0.5, 0.6) is 0 Å². The summed E-state index contributed by atoms with van der Waals surface area (Å²) in [7, 11) is 2.08. The molecule has 0 aromatic carbocycles. The molecule has 21 heavy (non-hydrogen) atoms. The third kappa shape index (κ3) is 3.60. The first-order valence-corrected chi connectivity index (χ1v) is 7.03. The van der Waals surface area contributed by atoms with Gasteiger partial charge in [-0.05, 0) is 0 Å². The minimum atomic E-state index is -0.737. The van der Waals surface area contributed by atoms with Crippen LogP contribution in [-0.2, 0) is 9.26 Å². The van der Waals surface area contributed by atoms with Crippen molar-refractivity contribution in [2.45, 2.75) is 38.2 Å². The van der Waals surface area contributed by atoms with E-state index < -0.39 is 29.7 Å². The van der Waals surface area contributed by atoms with Crippen molar-refractivity contribution >= 4 is 9.47 Å². The van der Waals surface area contributed by atoms with Crippen molar-refractivity contribution in [1.82, 2.24) is 9.55 Å². The zero-order valence-corrected chi connectivity index (χ0v) is 12.7. The minimum Gasteiger partial charge on any atom is -0.390 e. The number of nitrogens with one attached hydrogen (secondary N) is 1. The Labute approximate surface area is 123 Å². The van der Waals surface area contributed by atoms with E-state index >= 15 is 0 Å². The van der Waals surface area contributed by atoms with E-state index in [1.807, 2.05) is 6.92 Å². The first kappa shape index (κ1) is 15.9. The zero-order valence-electron chi connectivity index (χ0n) is 11.5. The first-order valence-electron chi connectivity index (χ1n) is 6.56. The molecule has 0 saturated carbocycles. The summed E-state index contributed by atoms with van der Waals surface area (Å²) in [6.07, 6.45) is 0.300. The number of aromatic nitrogens is 2. The molecule has 0 radical (unpaired) electrons. The van der Waals surface area contributed by atoms with E-state index in [2.05, 4.69) is 26.3 Å². The van der Waals surface area contributed by atoms with Crippen molar-refractivity contribution in [3.8, 4) is 11.8 Å². The van der Waals surface area contributed by atoms with Crippen LogP contribution in [0.1, 0.15) is 31.6 Å². The number of H-pyrrole nitrogens is 1. The summed E-state index contributed by atoms with van der Waals surface area (Å²) in [5.41, 5.74) is -0.924. The Bertz CT molecular complexity index is 672. The van der Waals surface area contributed by atoms with Gasteiger partial charge in [-0.25, -0.2) is 4.79 Å². The van der Waals surface area contributed by atoms with Gasteiger partial charge < -0.3 is 14.4 Å². The molecule has 0 spiro atoms. The van der Waals surface area contributed by atoms with Crippen LogP contribution >= 0.6 is 9.47 Å². The molecule has 7 nitrogen and oxygen atoms in total. The first-order chi connectivity index (χ1) is 10.1. The lowest BCUT2D eigenvalue weighted by molar-refractivity contribution is -0.0382. The van der Waals surface area contributed by atoms with Crippen LogP contribution < -0.4 is 11.2 Å². The van der Waals surface area contributed by atoms with E-state index in [4.69, 9.17) is 9.26 Å². The topological polar surface area (TPSA) is 93.6 Å². The van der Waals surface area contributed by atoms with Crippen molar-refractivity contribution in [3.63, 3.8) is 0 Å². The number of ether oxygens (including phenoxy) is 1. The van der Waals surface area contributed by atoms with Gasteiger partial charge in [0.05, 0.1) is 12.7 Å². The summed E-state index contributed by atoms with van der Waals surface area (Å²) >= 11 is 0. The highest BCUT2D eigenvalue weighted by Gasteiger charge is 2.35. The number of aliphatic hydroxyl groups excluding tert-OH is 1. The average molecular weight is 312 g/mol. The van der Waals surface area contributed by atoms with Crippen LogP contribution in [0, 0.1) is 11.8 Å². The lowest BCUT2D eigenvalue weighted by Gasteiger charge is -2.15. The highest BCUT2D eigenvalue weighted by atomic mass is 31.0. The van der Waals surface area contributed by atoms with Gasteiger partial charge in [0.2, 0.25) is 0 Å². The largest absolute Gasteiger partial charge is 0.390 e. The van der Waals surface area contributed by atoms with Crippen LogP contribution in [0.3, 0.4) is 0 Å². The number of nitrogens with zero attached hydrogens (tertiary/aromatic N) is 1. The van der Waals surface area contributed by atoms with E-state index in [1.165, 1.54) is 10.8 Å². The molecule has 3 unspecified atom stereocenters. The smallest absolute Gasteiger partial charge is 0.330 e. The summed E-state index contributed by atoms with van der Waals surface area (Å²) in [6, 6.07) is 0. The van der Waals surface area contributed by atoms with Crippen molar-refractivity contribution in [1.29, 1.82) is 0 Å². The standard InChI is InChI=1S/C13H17N2O5P/c1-2-3-4-8-6-15(13(18)14-12(8)17)11-5-9(16)10(20-11)7-19-21/h6,9-11,16H,2,5,7,21H2,1H3,(H,14,17,18)/t9?,10-,11?/m1/s1. The summed E-state index contributed by atoms with van der Waals surface area (Å²) in [5.74, 6) is 5.48. The Morgan fingerprint density at radius 2 is 2.38 bits per heavy atom. The fourth-order valence-corrected chi connectivity index (χ4v) is 2.29. The van der Waals surface area contributed by atoms with Gasteiger partial charge in [-0.1, -0.05) is 18.8 Å². The Hall–Kier alpha value is -1.45. The SMILES string of the molecule is CCC#Cc1cn(C2CC(O)[C@@H](COP)O2)c(=O)[nH]c1=O. The number of hydrogen-bond acceptors (Lipinski definition) is 5. The maximum atomic E-state index is 11.9. The molecule has 2 N–H and O–H groups in total. The fraction of sp³-hybridized carbons (Fsp3) is 0.538. The molecular formula is C13H17N2O5P. The van der Waals surface area contributed by atoms with Crippen molar-refractivity contribution < 1.29 is 14.4 Å². The second kappa shape index (κ2) is 7.01. The molecule has 0 aliphatic carbocycles. The van der Waals surface area contributed by atoms with Crippen LogP contribution in [0.25, 0.3) is 0 Å². The molecule has 0 bridgehead atoms. The second-order valence-corrected chi connectivity index (χ2v) is 4.96. The van der Waals surface area contributed by atoms with Crippen LogP contribution in [0.2, 0.25) is 0 Å². The molecule has 1 aliphatic heterocycles. The van der Waals surface area contributed by atoms with Gasteiger partial charge in [-0.2, -0.15) is 0 Å². The predicted molar refractivity (Wildman–Crippen MR) is 78.7 cm³/mol. The molecule has 114 valence electrons. The summed E-state index contributed by atoms with van der Waals surface area (Å²) < 4.78 is 11.7. The molecule has 0 amide bonds. The van der Waals surface area contributed by atoms with E-state index in [0.29, 0.717) is 6.42 Å². The predicted octanol–water partition coefficient (Wildman–Crippen LogP) is -0.247. The van der Waals surface area contributed by atoms with Gasteiger partial charge >= 0.3 is 5.69 Å². The highest BCUT2D eigenvalue weighted by molar-refractivity contribution is 7.09. The Kier molecular flexibility index (Phi) is 5.32. The normalized spacial score (nSPS) is 24.6. The number of aliphatic hydroxyl groups is 1. The molecule has 1 aliphatic rings. The molecule has 8 heteroatoms. The van der Waals surface area contributed by atoms with Crippen molar-refractivity contribution in [2.75, 3.05) is 6.61 Å². The van der Waals surface area contributed by atoms with Gasteiger partial charge in [0, 0.05) is 28.5 Å². The molecule has 4 atom stereocenters. The molecule has 2 heterocycles. The summed E-state index contributed by atoms with van der Waals surface area (Å²) in [4.78, 5) is 25.8. The molecular weight excluding hydrogens is 295 g/mol.